The van der Waals surface area contributed by atoms with Gasteiger partial charge in [0.25, 0.3) is 0 Å². The lowest BCUT2D eigenvalue weighted by Crippen LogP contribution is -2.21. The van der Waals surface area contributed by atoms with E-state index < -0.39 is 11.6 Å². The van der Waals surface area contributed by atoms with Gasteiger partial charge in [-0.15, -0.1) is 0 Å². The highest BCUT2D eigenvalue weighted by atomic mass is 35.5. The second-order valence-corrected chi connectivity index (χ2v) is 5.84. The van der Waals surface area contributed by atoms with Gasteiger partial charge in [-0.05, 0) is 35.7 Å². The minimum atomic E-state index is -0.931. The van der Waals surface area contributed by atoms with E-state index in [0.29, 0.717) is 11.6 Å². The molecule has 112 valence electrons. The van der Waals surface area contributed by atoms with Gasteiger partial charge in [-0.2, -0.15) is 0 Å². The SMILES string of the molecule is Cc1cc(CNC(C)C)ccc1-c1cc(F)c(F)cc1Cl. The van der Waals surface area contributed by atoms with Crippen molar-refractivity contribution in [2.24, 2.45) is 0 Å². The van der Waals surface area contributed by atoms with Crippen LogP contribution in [0.4, 0.5) is 8.78 Å². The van der Waals surface area contributed by atoms with Gasteiger partial charge in [0.1, 0.15) is 0 Å². The van der Waals surface area contributed by atoms with Crippen molar-refractivity contribution in [3.63, 3.8) is 0 Å². The van der Waals surface area contributed by atoms with E-state index in [1.807, 2.05) is 25.1 Å². The van der Waals surface area contributed by atoms with Gasteiger partial charge in [0.2, 0.25) is 0 Å². The van der Waals surface area contributed by atoms with Crippen LogP contribution in [0.25, 0.3) is 11.1 Å². The molecule has 0 unspecified atom stereocenters. The Hall–Kier alpha value is -1.45. The fourth-order valence-electron chi connectivity index (χ4n) is 2.19. The van der Waals surface area contributed by atoms with Crippen molar-refractivity contribution in [1.29, 1.82) is 0 Å². The molecular formula is C17H18ClF2N. The maximum atomic E-state index is 13.4. The first kappa shape index (κ1) is 15.9. The lowest BCUT2D eigenvalue weighted by atomic mass is 9.98. The quantitative estimate of drug-likeness (QED) is 0.776. The number of hydrogen-bond acceptors (Lipinski definition) is 1. The van der Waals surface area contributed by atoms with Crippen molar-refractivity contribution < 1.29 is 8.78 Å². The molecule has 0 fully saturated rings. The highest BCUT2D eigenvalue weighted by Crippen LogP contribution is 2.32. The Balaban J connectivity index is 2.35. The summed E-state index contributed by atoms with van der Waals surface area (Å²) in [6, 6.07) is 8.46. The number of halogens is 3. The van der Waals surface area contributed by atoms with Crippen LogP contribution < -0.4 is 5.32 Å². The van der Waals surface area contributed by atoms with Gasteiger partial charge in [-0.25, -0.2) is 8.78 Å². The summed E-state index contributed by atoms with van der Waals surface area (Å²) in [5, 5.41) is 3.55. The van der Waals surface area contributed by atoms with E-state index in [1.165, 1.54) is 0 Å². The molecule has 1 nitrogen and oxygen atoms in total. The number of benzene rings is 2. The summed E-state index contributed by atoms with van der Waals surface area (Å²) < 4.78 is 26.6. The fraction of sp³-hybridized carbons (Fsp3) is 0.294. The molecule has 4 heteroatoms. The van der Waals surface area contributed by atoms with Gasteiger partial charge in [0, 0.05) is 18.2 Å². The maximum absolute atomic E-state index is 13.4. The monoisotopic (exact) mass is 309 g/mol. The van der Waals surface area contributed by atoms with E-state index in [1.54, 1.807) is 0 Å². The molecule has 0 spiro atoms. The van der Waals surface area contributed by atoms with Crippen molar-refractivity contribution in [1.82, 2.24) is 5.32 Å². The molecule has 0 radical (unpaired) electrons. The zero-order chi connectivity index (χ0) is 15.6. The third kappa shape index (κ3) is 3.80. The molecule has 0 heterocycles. The van der Waals surface area contributed by atoms with E-state index in [9.17, 15) is 8.78 Å². The largest absolute Gasteiger partial charge is 0.310 e. The summed E-state index contributed by atoms with van der Waals surface area (Å²) in [7, 11) is 0. The number of nitrogens with one attached hydrogen (secondary N) is 1. The highest BCUT2D eigenvalue weighted by Gasteiger charge is 2.12. The van der Waals surface area contributed by atoms with Crippen LogP contribution in [0.1, 0.15) is 25.0 Å². The number of hydrogen-bond donors (Lipinski definition) is 1. The van der Waals surface area contributed by atoms with Crippen LogP contribution in [0.2, 0.25) is 5.02 Å². The van der Waals surface area contributed by atoms with Crippen LogP contribution in [0.3, 0.4) is 0 Å². The Morgan fingerprint density at radius 1 is 1.05 bits per heavy atom. The van der Waals surface area contributed by atoms with Gasteiger partial charge in [0.05, 0.1) is 5.02 Å². The van der Waals surface area contributed by atoms with Gasteiger partial charge < -0.3 is 5.32 Å². The smallest absolute Gasteiger partial charge is 0.160 e. The maximum Gasteiger partial charge on any atom is 0.160 e. The van der Waals surface area contributed by atoms with Crippen molar-refractivity contribution in [2.75, 3.05) is 0 Å². The molecule has 0 amide bonds. The molecule has 0 atom stereocenters. The van der Waals surface area contributed by atoms with Crippen LogP contribution in [0, 0.1) is 18.6 Å². The Labute approximate surface area is 128 Å². The van der Waals surface area contributed by atoms with Crippen molar-refractivity contribution in [2.45, 2.75) is 33.4 Å². The predicted octanol–water partition coefficient (Wildman–Crippen LogP) is 5.09. The third-order valence-electron chi connectivity index (χ3n) is 3.31. The molecule has 2 rings (SSSR count). The molecule has 0 saturated carbocycles. The Morgan fingerprint density at radius 2 is 1.71 bits per heavy atom. The van der Waals surface area contributed by atoms with E-state index in [-0.39, 0.29) is 5.02 Å². The molecule has 0 aromatic heterocycles. The van der Waals surface area contributed by atoms with Gasteiger partial charge in [0.15, 0.2) is 11.6 Å². The summed E-state index contributed by atoms with van der Waals surface area (Å²) >= 11 is 6.03. The topological polar surface area (TPSA) is 12.0 Å². The molecule has 0 saturated heterocycles. The molecule has 0 aliphatic rings. The van der Waals surface area contributed by atoms with E-state index >= 15 is 0 Å². The zero-order valence-electron chi connectivity index (χ0n) is 12.3. The summed E-state index contributed by atoms with van der Waals surface area (Å²) in [6.07, 6.45) is 0. The standard InChI is InChI=1S/C17H18ClF2N/c1-10(2)21-9-12-4-5-13(11(3)6-12)14-7-16(19)17(20)8-15(14)18/h4-8,10,21H,9H2,1-3H3. The second-order valence-electron chi connectivity index (χ2n) is 5.43. The third-order valence-corrected chi connectivity index (χ3v) is 3.62. The first-order valence-corrected chi connectivity index (χ1v) is 7.24. The Morgan fingerprint density at radius 3 is 2.33 bits per heavy atom. The summed E-state index contributed by atoms with van der Waals surface area (Å²) in [4.78, 5) is 0. The Kier molecular flexibility index (Phi) is 4.96. The van der Waals surface area contributed by atoms with Crippen molar-refractivity contribution >= 4 is 11.6 Å². The van der Waals surface area contributed by atoms with Crippen LogP contribution in [0.5, 0.6) is 0 Å². The lowest BCUT2D eigenvalue weighted by molar-refractivity contribution is 0.509. The molecule has 0 aliphatic heterocycles. The first-order chi connectivity index (χ1) is 9.88. The van der Waals surface area contributed by atoms with Crippen molar-refractivity contribution in [3.05, 3.63) is 58.1 Å². The summed E-state index contributed by atoms with van der Waals surface area (Å²) in [5.41, 5.74) is 3.44. The molecular weight excluding hydrogens is 292 g/mol. The van der Waals surface area contributed by atoms with E-state index in [0.717, 1.165) is 35.4 Å². The van der Waals surface area contributed by atoms with Gasteiger partial charge in [-0.3, -0.25) is 0 Å². The minimum absolute atomic E-state index is 0.213. The fourth-order valence-corrected chi connectivity index (χ4v) is 2.44. The zero-order valence-corrected chi connectivity index (χ0v) is 13.1. The number of rotatable bonds is 4. The molecule has 2 aromatic carbocycles. The molecule has 2 aromatic rings. The predicted molar refractivity (Wildman–Crippen MR) is 83.5 cm³/mol. The second kappa shape index (κ2) is 6.54. The van der Waals surface area contributed by atoms with E-state index in [2.05, 4.69) is 19.2 Å². The average molecular weight is 310 g/mol. The molecule has 0 bridgehead atoms. The van der Waals surface area contributed by atoms with Crippen LogP contribution in [0.15, 0.2) is 30.3 Å². The number of aryl methyl sites for hydroxylation is 1. The normalized spacial score (nSPS) is 11.2. The summed E-state index contributed by atoms with van der Waals surface area (Å²) in [6.45, 7) is 6.88. The molecule has 0 aliphatic carbocycles. The highest BCUT2D eigenvalue weighted by molar-refractivity contribution is 6.33. The van der Waals surface area contributed by atoms with Crippen LogP contribution >= 0.6 is 11.6 Å². The van der Waals surface area contributed by atoms with Gasteiger partial charge >= 0.3 is 0 Å². The van der Waals surface area contributed by atoms with Crippen LogP contribution in [-0.2, 0) is 6.54 Å². The summed E-state index contributed by atoms with van der Waals surface area (Å²) in [5.74, 6) is -1.82. The van der Waals surface area contributed by atoms with E-state index in [4.69, 9.17) is 11.6 Å². The lowest BCUT2D eigenvalue weighted by Gasteiger charge is -2.12. The molecule has 1 N–H and O–H groups in total. The average Bonchev–Trinajstić information content (AvgIpc) is 2.41. The Bertz CT molecular complexity index is 653. The molecule has 21 heavy (non-hydrogen) atoms. The van der Waals surface area contributed by atoms with Crippen LogP contribution in [-0.4, -0.2) is 6.04 Å². The minimum Gasteiger partial charge on any atom is -0.310 e. The first-order valence-electron chi connectivity index (χ1n) is 6.86. The van der Waals surface area contributed by atoms with Gasteiger partial charge in [-0.1, -0.05) is 43.6 Å². The van der Waals surface area contributed by atoms with Crippen molar-refractivity contribution in [3.8, 4) is 11.1 Å².